The summed E-state index contributed by atoms with van der Waals surface area (Å²) >= 11 is 0. The van der Waals surface area contributed by atoms with Crippen LogP contribution in [0.15, 0.2) is 30.6 Å². The van der Waals surface area contributed by atoms with Crippen LogP contribution in [0, 0.1) is 0 Å². The lowest BCUT2D eigenvalue weighted by molar-refractivity contribution is -0.137. The number of aryl methyl sites for hydroxylation is 1. The Kier molecular flexibility index (Phi) is 6.12. The second-order valence-corrected chi connectivity index (χ2v) is 7.18. The van der Waals surface area contributed by atoms with Crippen molar-refractivity contribution in [3.63, 3.8) is 0 Å². The maximum Gasteiger partial charge on any atom is 0.421 e. The number of carbonyl (C=O) groups excluding carboxylic acids is 1. The molecule has 0 bridgehead atoms. The number of fused-ring (bicyclic) bond motifs is 1. The molecule has 2 aromatic heterocycles. The highest BCUT2D eigenvalue weighted by Gasteiger charge is 2.35. The van der Waals surface area contributed by atoms with E-state index in [1.807, 2.05) is 6.07 Å². The Morgan fingerprint density at radius 2 is 2.00 bits per heavy atom. The van der Waals surface area contributed by atoms with Gasteiger partial charge in [0.25, 0.3) is 0 Å². The van der Waals surface area contributed by atoms with Crippen molar-refractivity contribution in [2.24, 2.45) is 0 Å². The van der Waals surface area contributed by atoms with Crippen molar-refractivity contribution >= 4 is 34.3 Å². The van der Waals surface area contributed by atoms with E-state index in [4.69, 9.17) is 4.74 Å². The maximum atomic E-state index is 13.1. The number of rotatable bonds is 6. The topological polar surface area (TPSA) is 97.2 Å². The number of hydrogen-bond acceptors (Lipinski definition) is 7. The number of alkyl halides is 3. The van der Waals surface area contributed by atoms with Gasteiger partial charge in [-0.1, -0.05) is 6.07 Å². The van der Waals surface area contributed by atoms with Gasteiger partial charge in [-0.05, 0) is 12.1 Å². The SMILES string of the molecule is CNc1nc(Nc2cccc3c2cnn3CCC(=O)N2CCOCC2)ncc1C(F)(F)F. The Bertz CT molecular complexity index is 1110. The first kappa shape index (κ1) is 21.8. The molecule has 0 radical (unpaired) electrons. The third kappa shape index (κ3) is 4.59. The number of aromatic nitrogens is 4. The summed E-state index contributed by atoms with van der Waals surface area (Å²) in [6.07, 6.45) is -1.87. The lowest BCUT2D eigenvalue weighted by Gasteiger charge is -2.26. The molecule has 1 fully saturated rings. The number of nitrogens with zero attached hydrogens (tertiary/aromatic N) is 5. The fourth-order valence-electron chi connectivity index (χ4n) is 3.52. The number of benzene rings is 1. The van der Waals surface area contributed by atoms with E-state index in [0.29, 0.717) is 45.0 Å². The van der Waals surface area contributed by atoms with E-state index in [2.05, 4.69) is 25.7 Å². The van der Waals surface area contributed by atoms with Gasteiger partial charge >= 0.3 is 6.18 Å². The number of anilines is 3. The lowest BCUT2D eigenvalue weighted by atomic mass is 10.2. The van der Waals surface area contributed by atoms with Gasteiger partial charge in [0.1, 0.15) is 11.4 Å². The van der Waals surface area contributed by atoms with Crippen LogP contribution in [0.3, 0.4) is 0 Å². The molecule has 0 unspecified atom stereocenters. The standard InChI is InChI=1S/C20H22F3N7O2/c1-24-18-14(20(21,22)23)12-25-19(28-18)27-15-3-2-4-16-13(15)11-26-30(16)6-5-17(31)29-7-9-32-10-8-29/h2-4,11-12H,5-10H2,1H3,(H2,24,25,27,28). The summed E-state index contributed by atoms with van der Waals surface area (Å²) in [6.45, 7) is 2.69. The molecule has 0 saturated carbocycles. The van der Waals surface area contributed by atoms with Crippen molar-refractivity contribution in [2.45, 2.75) is 19.1 Å². The van der Waals surface area contributed by atoms with Gasteiger partial charge in [0, 0.05) is 38.1 Å². The molecule has 1 aromatic carbocycles. The van der Waals surface area contributed by atoms with Crippen LogP contribution in [0.5, 0.6) is 0 Å². The Morgan fingerprint density at radius 1 is 1.22 bits per heavy atom. The van der Waals surface area contributed by atoms with Gasteiger partial charge in [0.2, 0.25) is 11.9 Å². The molecule has 1 saturated heterocycles. The molecule has 170 valence electrons. The number of halogens is 3. The zero-order valence-corrected chi connectivity index (χ0v) is 17.3. The van der Waals surface area contributed by atoms with Gasteiger partial charge in [0.05, 0.1) is 37.2 Å². The largest absolute Gasteiger partial charge is 0.421 e. The average Bonchev–Trinajstić information content (AvgIpc) is 3.21. The molecule has 32 heavy (non-hydrogen) atoms. The van der Waals surface area contributed by atoms with Crippen molar-refractivity contribution in [1.82, 2.24) is 24.6 Å². The van der Waals surface area contributed by atoms with Gasteiger partial charge in [-0.2, -0.15) is 23.3 Å². The van der Waals surface area contributed by atoms with Crippen LogP contribution in [-0.4, -0.2) is 63.9 Å². The molecule has 3 heterocycles. The van der Waals surface area contributed by atoms with Gasteiger partial charge in [-0.3, -0.25) is 9.48 Å². The summed E-state index contributed by atoms with van der Waals surface area (Å²) in [6, 6.07) is 5.41. The minimum atomic E-state index is -4.56. The number of amides is 1. The number of carbonyl (C=O) groups is 1. The summed E-state index contributed by atoms with van der Waals surface area (Å²) in [5.74, 6) is -0.256. The molecule has 0 atom stereocenters. The van der Waals surface area contributed by atoms with Crippen LogP contribution in [0.2, 0.25) is 0 Å². The molecule has 2 N–H and O–H groups in total. The van der Waals surface area contributed by atoms with Crippen molar-refractivity contribution in [3.8, 4) is 0 Å². The number of hydrogen-bond donors (Lipinski definition) is 2. The van der Waals surface area contributed by atoms with Gasteiger partial charge in [0.15, 0.2) is 0 Å². The van der Waals surface area contributed by atoms with Crippen molar-refractivity contribution in [2.75, 3.05) is 44.0 Å². The molecule has 4 rings (SSSR count). The molecular weight excluding hydrogens is 427 g/mol. The molecule has 0 spiro atoms. The smallest absolute Gasteiger partial charge is 0.378 e. The van der Waals surface area contributed by atoms with E-state index < -0.39 is 11.7 Å². The minimum Gasteiger partial charge on any atom is -0.378 e. The maximum absolute atomic E-state index is 13.1. The Labute approximate surface area is 181 Å². The number of ether oxygens (including phenoxy) is 1. The quantitative estimate of drug-likeness (QED) is 0.597. The molecular formula is C20H22F3N7O2. The minimum absolute atomic E-state index is 0.0186. The van der Waals surface area contributed by atoms with Crippen LogP contribution in [0.4, 0.5) is 30.6 Å². The average molecular weight is 449 g/mol. The molecule has 3 aromatic rings. The Morgan fingerprint density at radius 3 is 2.72 bits per heavy atom. The molecule has 1 amide bonds. The first-order valence-corrected chi connectivity index (χ1v) is 10.1. The summed E-state index contributed by atoms with van der Waals surface area (Å²) in [5.41, 5.74) is 0.433. The van der Waals surface area contributed by atoms with E-state index in [-0.39, 0.29) is 17.7 Å². The fourth-order valence-corrected chi connectivity index (χ4v) is 3.52. The van der Waals surface area contributed by atoms with E-state index in [1.165, 1.54) is 7.05 Å². The lowest BCUT2D eigenvalue weighted by Crippen LogP contribution is -2.41. The zero-order valence-electron chi connectivity index (χ0n) is 17.3. The first-order chi connectivity index (χ1) is 15.4. The van der Waals surface area contributed by atoms with Crippen LogP contribution >= 0.6 is 0 Å². The number of nitrogens with one attached hydrogen (secondary N) is 2. The second-order valence-electron chi connectivity index (χ2n) is 7.18. The molecule has 1 aliphatic heterocycles. The van der Waals surface area contributed by atoms with Crippen molar-refractivity contribution < 1.29 is 22.7 Å². The van der Waals surface area contributed by atoms with Crippen LogP contribution in [-0.2, 0) is 22.3 Å². The van der Waals surface area contributed by atoms with Gasteiger partial charge in [-0.25, -0.2) is 4.98 Å². The van der Waals surface area contributed by atoms with Gasteiger partial charge in [-0.15, -0.1) is 0 Å². The van der Waals surface area contributed by atoms with E-state index >= 15 is 0 Å². The second kappa shape index (κ2) is 8.99. The third-order valence-corrected chi connectivity index (χ3v) is 5.17. The molecule has 1 aliphatic rings. The highest BCUT2D eigenvalue weighted by atomic mass is 19.4. The first-order valence-electron chi connectivity index (χ1n) is 10.1. The fraction of sp³-hybridized carbons (Fsp3) is 0.400. The van der Waals surface area contributed by atoms with E-state index in [0.717, 1.165) is 17.1 Å². The summed E-state index contributed by atoms with van der Waals surface area (Å²) in [5, 5.41) is 10.5. The predicted octanol–water partition coefficient (Wildman–Crippen LogP) is 2.88. The number of morpholine rings is 1. The summed E-state index contributed by atoms with van der Waals surface area (Å²) < 4.78 is 46.2. The summed E-state index contributed by atoms with van der Waals surface area (Å²) in [4.78, 5) is 21.9. The third-order valence-electron chi connectivity index (χ3n) is 5.17. The van der Waals surface area contributed by atoms with Crippen molar-refractivity contribution in [3.05, 3.63) is 36.2 Å². The van der Waals surface area contributed by atoms with E-state index in [9.17, 15) is 18.0 Å². The van der Waals surface area contributed by atoms with Gasteiger partial charge < -0.3 is 20.3 Å². The highest BCUT2D eigenvalue weighted by molar-refractivity contribution is 5.92. The van der Waals surface area contributed by atoms with Crippen LogP contribution in [0.25, 0.3) is 10.9 Å². The zero-order chi connectivity index (χ0) is 22.7. The van der Waals surface area contributed by atoms with Crippen LogP contribution in [0.1, 0.15) is 12.0 Å². The summed E-state index contributed by atoms with van der Waals surface area (Å²) in [7, 11) is 1.37. The molecule has 12 heteroatoms. The predicted molar refractivity (Wildman–Crippen MR) is 112 cm³/mol. The Balaban J connectivity index is 1.51. The van der Waals surface area contributed by atoms with E-state index in [1.54, 1.807) is 27.9 Å². The van der Waals surface area contributed by atoms with Crippen LogP contribution < -0.4 is 10.6 Å². The van der Waals surface area contributed by atoms with Crippen molar-refractivity contribution in [1.29, 1.82) is 0 Å². The Hall–Kier alpha value is -3.41. The highest BCUT2D eigenvalue weighted by Crippen LogP contribution is 2.34. The molecule has 9 nitrogen and oxygen atoms in total. The monoisotopic (exact) mass is 449 g/mol. The normalized spacial score (nSPS) is 14.6. The molecule has 0 aliphatic carbocycles.